The zero-order valence-corrected chi connectivity index (χ0v) is 19.6. The van der Waals surface area contributed by atoms with Gasteiger partial charge < -0.3 is 15.4 Å². The molecule has 2 fully saturated rings. The third-order valence-corrected chi connectivity index (χ3v) is 7.10. The number of likely N-dealkylation sites (tertiary alicyclic amines) is 1. The Labute approximate surface area is 208 Å². The Balaban J connectivity index is 1.38. The summed E-state index contributed by atoms with van der Waals surface area (Å²) in [7, 11) is 0. The molecule has 1 aromatic heterocycles. The molecule has 12 heteroatoms. The van der Waals surface area contributed by atoms with Gasteiger partial charge in [-0.05, 0) is 36.0 Å². The number of benzene rings is 2. The molecule has 37 heavy (non-hydrogen) atoms. The molecule has 2 aromatic carbocycles. The summed E-state index contributed by atoms with van der Waals surface area (Å²) >= 11 is 0. The lowest BCUT2D eigenvalue weighted by molar-refractivity contribution is -0.275. The number of para-hydroxylation sites is 1. The number of Topliss-reactive ketones (excluding diaryl/α,β-unsaturated/α-hetero) is 1. The number of hydrogen-bond donors (Lipinski definition) is 1. The van der Waals surface area contributed by atoms with E-state index in [-0.39, 0.29) is 29.3 Å². The van der Waals surface area contributed by atoms with Crippen LogP contribution < -0.4 is 10.5 Å². The van der Waals surface area contributed by atoms with Gasteiger partial charge in [-0.1, -0.05) is 37.3 Å². The molecular formula is C25H22F4N4O4. The SMILES string of the molecule is C[C@@]12C[C@@H](C(=O)Cc3cccc(OC(F)(F)F)c3F)N(C(=O)Cn3nc(C(N)=O)c4ccccc43)[C@@H]1C2. The van der Waals surface area contributed by atoms with Gasteiger partial charge in [0.2, 0.25) is 5.91 Å². The van der Waals surface area contributed by atoms with Gasteiger partial charge in [0.15, 0.2) is 23.0 Å². The molecule has 3 atom stereocenters. The van der Waals surface area contributed by atoms with E-state index in [4.69, 9.17) is 5.73 Å². The lowest BCUT2D eigenvalue weighted by Crippen LogP contribution is -2.45. The lowest BCUT2D eigenvalue weighted by Gasteiger charge is -2.27. The quantitative estimate of drug-likeness (QED) is 0.483. The summed E-state index contributed by atoms with van der Waals surface area (Å²) in [5, 5.41) is 4.69. The third-order valence-electron chi connectivity index (χ3n) is 7.10. The highest BCUT2D eigenvalue weighted by Gasteiger charge is 2.64. The van der Waals surface area contributed by atoms with Crippen LogP contribution in [0.4, 0.5) is 17.6 Å². The highest BCUT2D eigenvalue weighted by Crippen LogP contribution is 2.59. The Morgan fingerprint density at radius 1 is 1.14 bits per heavy atom. The minimum atomic E-state index is -5.08. The first-order valence-electron chi connectivity index (χ1n) is 11.5. The minimum Gasteiger partial charge on any atom is -0.403 e. The van der Waals surface area contributed by atoms with Crippen LogP contribution in [0.3, 0.4) is 0 Å². The molecule has 1 aliphatic carbocycles. The number of nitrogens with zero attached hydrogens (tertiary/aromatic N) is 3. The molecule has 0 spiro atoms. The Bertz CT molecular complexity index is 1440. The van der Waals surface area contributed by atoms with E-state index in [1.165, 1.54) is 21.7 Å². The van der Waals surface area contributed by atoms with Crippen LogP contribution in [0.2, 0.25) is 0 Å². The van der Waals surface area contributed by atoms with Crippen LogP contribution in [0, 0.1) is 11.2 Å². The van der Waals surface area contributed by atoms with Crippen molar-refractivity contribution in [1.29, 1.82) is 0 Å². The van der Waals surface area contributed by atoms with Crippen LogP contribution in [-0.4, -0.2) is 50.7 Å². The molecule has 2 N–H and O–H groups in total. The average Bonchev–Trinajstić information content (AvgIpc) is 3.18. The van der Waals surface area contributed by atoms with Crippen molar-refractivity contribution in [3.05, 3.63) is 59.5 Å². The maximum absolute atomic E-state index is 14.7. The molecule has 1 aliphatic heterocycles. The van der Waals surface area contributed by atoms with Crippen LogP contribution in [0.1, 0.15) is 35.8 Å². The zero-order valence-electron chi connectivity index (χ0n) is 19.6. The van der Waals surface area contributed by atoms with Gasteiger partial charge in [0.25, 0.3) is 5.91 Å². The fraction of sp³-hybridized carbons (Fsp3) is 0.360. The predicted molar refractivity (Wildman–Crippen MR) is 122 cm³/mol. The van der Waals surface area contributed by atoms with Crippen molar-refractivity contribution in [2.75, 3.05) is 0 Å². The maximum atomic E-state index is 14.7. The predicted octanol–water partition coefficient (Wildman–Crippen LogP) is 3.36. The van der Waals surface area contributed by atoms with E-state index in [1.54, 1.807) is 24.3 Å². The lowest BCUT2D eigenvalue weighted by atomic mass is 9.95. The summed E-state index contributed by atoms with van der Waals surface area (Å²) in [5.41, 5.74) is 5.44. The summed E-state index contributed by atoms with van der Waals surface area (Å²) < 4.78 is 57.5. The van der Waals surface area contributed by atoms with E-state index in [9.17, 15) is 31.9 Å². The number of alkyl halides is 3. The van der Waals surface area contributed by atoms with E-state index >= 15 is 0 Å². The van der Waals surface area contributed by atoms with Crippen molar-refractivity contribution in [2.45, 2.75) is 51.2 Å². The Morgan fingerprint density at radius 3 is 2.57 bits per heavy atom. The van der Waals surface area contributed by atoms with Gasteiger partial charge in [0.05, 0.1) is 11.6 Å². The van der Waals surface area contributed by atoms with Gasteiger partial charge in [-0.15, -0.1) is 13.2 Å². The van der Waals surface area contributed by atoms with Gasteiger partial charge in [-0.3, -0.25) is 19.1 Å². The number of carbonyl (C=O) groups excluding carboxylic acids is 3. The molecule has 194 valence electrons. The Morgan fingerprint density at radius 2 is 1.86 bits per heavy atom. The molecule has 1 saturated carbocycles. The number of piperidine rings is 1. The van der Waals surface area contributed by atoms with Gasteiger partial charge in [0.1, 0.15) is 6.54 Å². The van der Waals surface area contributed by atoms with E-state index < -0.39 is 48.0 Å². The van der Waals surface area contributed by atoms with Crippen molar-refractivity contribution in [3.63, 3.8) is 0 Å². The number of primary amides is 1. The van der Waals surface area contributed by atoms with Crippen molar-refractivity contribution in [1.82, 2.24) is 14.7 Å². The number of hydrogen-bond acceptors (Lipinski definition) is 5. The molecule has 8 nitrogen and oxygen atoms in total. The average molecular weight is 518 g/mol. The molecule has 0 bridgehead atoms. The van der Waals surface area contributed by atoms with Crippen molar-refractivity contribution < 1.29 is 36.7 Å². The number of ketones is 1. The smallest absolute Gasteiger partial charge is 0.403 e. The van der Waals surface area contributed by atoms with Gasteiger partial charge in [-0.25, -0.2) is 4.39 Å². The minimum absolute atomic E-state index is 0.0186. The summed E-state index contributed by atoms with van der Waals surface area (Å²) in [4.78, 5) is 40.0. The first-order valence-corrected chi connectivity index (χ1v) is 11.5. The molecule has 1 saturated heterocycles. The summed E-state index contributed by atoms with van der Waals surface area (Å²) in [6.45, 7) is 1.69. The number of carbonyl (C=O) groups is 3. The van der Waals surface area contributed by atoms with Crippen molar-refractivity contribution in [2.24, 2.45) is 11.1 Å². The number of aromatic nitrogens is 2. The first-order chi connectivity index (χ1) is 17.4. The van der Waals surface area contributed by atoms with Crippen molar-refractivity contribution in [3.8, 4) is 5.75 Å². The van der Waals surface area contributed by atoms with E-state index in [0.717, 1.165) is 6.07 Å². The second-order valence-corrected chi connectivity index (χ2v) is 9.70. The van der Waals surface area contributed by atoms with Gasteiger partial charge in [-0.2, -0.15) is 5.10 Å². The van der Waals surface area contributed by atoms with Crippen LogP contribution in [0.25, 0.3) is 10.9 Å². The maximum Gasteiger partial charge on any atom is 0.573 e. The van der Waals surface area contributed by atoms with E-state index in [0.29, 0.717) is 23.7 Å². The Hall–Kier alpha value is -3.96. The number of amides is 2. The second kappa shape index (κ2) is 8.56. The first kappa shape index (κ1) is 24.7. The number of halogens is 4. The monoisotopic (exact) mass is 518 g/mol. The van der Waals surface area contributed by atoms with Crippen LogP contribution in [0.15, 0.2) is 42.5 Å². The molecule has 0 unspecified atom stereocenters. The van der Waals surface area contributed by atoms with E-state index in [2.05, 4.69) is 9.84 Å². The largest absolute Gasteiger partial charge is 0.573 e. The molecule has 3 aromatic rings. The topological polar surface area (TPSA) is 108 Å². The fourth-order valence-electron chi connectivity index (χ4n) is 5.25. The second-order valence-electron chi connectivity index (χ2n) is 9.70. The number of rotatable bonds is 7. The Kier molecular flexibility index (Phi) is 5.72. The summed E-state index contributed by atoms with van der Waals surface area (Å²) in [6, 6.07) is 8.92. The van der Waals surface area contributed by atoms with Gasteiger partial charge in [0, 0.05) is 17.8 Å². The molecule has 2 amide bonds. The standard InChI is InChI=1S/C25H22F4N4O4/c1-24-10-16(17(34)9-13-5-4-8-18(21(13)26)37-25(27,28)29)33(19(24)11-24)20(35)12-32-15-7-3-2-6-14(15)22(31-32)23(30)36/h2-8,16,19H,9-12H2,1H3,(H2,30,36)/t16-,19+,24-/m0/s1. The highest BCUT2D eigenvalue weighted by atomic mass is 19.4. The molecular weight excluding hydrogens is 496 g/mol. The molecule has 2 aliphatic rings. The van der Waals surface area contributed by atoms with Crippen molar-refractivity contribution >= 4 is 28.5 Å². The summed E-state index contributed by atoms with van der Waals surface area (Å²) in [5.74, 6) is -3.95. The molecule has 0 radical (unpaired) electrons. The number of nitrogens with two attached hydrogens (primary N) is 1. The molecule has 5 rings (SSSR count). The normalized spacial score (nSPS) is 22.7. The van der Waals surface area contributed by atoms with Crippen LogP contribution in [-0.2, 0) is 22.6 Å². The van der Waals surface area contributed by atoms with E-state index in [1.807, 2.05) is 6.92 Å². The zero-order chi connectivity index (χ0) is 26.7. The number of ether oxygens (including phenoxy) is 1. The van der Waals surface area contributed by atoms with Crippen LogP contribution in [0.5, 0.6) is 5.75 Å². The highest BCUT2D eigenvalue weighted by molar-refractivity contribution is 6.04. The fourth-order valence-corrected chi connectivity index (χ4v) is 5.25. The van der Waals surface area contributed by atoms with Gasteiger partial charge >= 0.3 is 6.36 Å². The number of fused-ring (bicyclic) bond motifs is 2. The molecule has 2 heterocycles. The third kappa shape index (κ3) is 4.51. The summed E-state index contributed by atoms with van der Waals surface area (Å²) in [6.07, 6.45) is -4.54. The van der Waals surface area contributed by atoms with Crippen LogP contribution >= 0.6 is 0 Å².